The highest BCUT2D eigenvalue weighted by molar-refractivity contribution is 8.19. The fraction of sp³-hybridized carbons (Fsp3) is 1.00. The fourth-order valence-electron chi connectivity index (χ4n) is 11.5. The monoisotopic (exact) mass is 1460 g/mol. The van der Waals surface area contributed by atoms with Crippen LogP contribution in [0.4, 0.5) is 0 Å². The zero-order valence-electron chi connectivity index (χ0n) is 63.4. The topological polar surface area (TPSA) is 138 Å². The van der Waals surface area contributed by atoms with Gasteiger partial charge in [0, 0.05) is 69.8 Å². The second kappa shape index (κ2) is 68.7. The molecule has 13 nitrogen and oxygen atoms in total. The van der Waals surface area contributed by atoms with Crippen molar-refractivity contribution < 1.29 is 43.7 Å². The molecule has 95 heavy (non-hydrogen) atoms. The number of hydrogen-bond donors (Lipinski definition) is 4. The molecule has 4 N–H and O–H groups in total. The zero-order valence-corrected chi connectivity index (χ0v) is 68.3. The highest BCUT2D eigenvalue weighted by Crippen LogP contribution is 2.39. The van der Waals surface area contributed by atoms with Gasteiger partial charge in [0.05, 0.1) is 38.8 Å². The summed E-state index contributed by atoms with van der Waals surface area (Å²) in [6.45, 7) is 34.4. The zero-order chi connectivity index (χ0) is 69.3. The molecule has 0 aromatic heterocycles. The van der Waals surface area contributed by atoms with Gasteiger partial charge in [0.2, 0.25) is 0 Å². The van der Waals surface area contributed by atoms with E-state index in [1.165, 1.54) is 193 Å². The molecule has 0 aliphatic carbocycles. The second-order valence-electron chi connectivity index (χ2n) is 28.2. The summed E-state index contributed by atoms with van der Waals surface area (Å²) in [7, 11) is 0. The summed E-state index contributed by atoms with van der Waals surface area (Å²) in [6, 6.07) is 0. The van der Waals surface area contributed by atoms with E-state index in [-0.39, 0.29) is 25.7 Å². The van der Waals surface area contributed by atoms with E-state index in [9.17, 15) is 15.3 Å². The summed E-state index contributed by atoms with van der Waals surface area (Å²) in [4.78, 5) is 7.20. The van der Waals surface area contributed by atoms with Crippen LogP contribution < -0.4 is 5.32 Å². The number of unbranched alkanes of at least 4 members (excludes halogenated alkanes) is 27. The largest absolute Gasteiger partial charge is 0.381 e. The molecule has 0 spiro atoms. The Bertz CT molecular complexity index is 1510. The summed E-state index contributed by atoms with van der Waals surface area (Å²) < 4.78 is 36.1. The number of piperazine rings is 1. The molecule has 0 bridgehead atoms. The molecule has 3 unspecified atom stereocenters. The normalized spacial score (nSPS) is 14.9. The van der Waals surface area contributed by atoms with Crippen molar-refractivity contribution >= 4 is 70.6 Å². The molecule has 0 saturated carbocycles. The van der Waals surface area contributed by atoms with Gasteiger partial charge >= 0.3 is 0 Å². The molecule has 1 rings (SSSR count). The van der Waals surface area contributed by atoms with Gasteiger partial charge in [0.1, 0.15) is 13.5 Å². The van der Waals surface area contributed by atoms with Gasteiger partial charge in [-0.25, -0.2) is 0 Å². The van der Waals surface area contributed by atoms with Crippen LogP contribution in [0, 0.1) is 0 Å². The minimum absolute atomic E-state index is 0.0849. The Morgan fingerprint density at radius 2 is 0.632 bits per heavy atom. The van der Waals surface area contributed by atoms with Crippen molar-refractivity contribution in [3.8, 4) is 0 Å². The predicted octanol–water partition coefficient (Wildman–Crippen LogP) is 19.9. The van der Waals surface area contributed by atoms with Crippen LogP contribution in [0.1, 0.15) is 306 Å². The van der Waals surface area contributed by atoms with Crippen LogP contribution in [-0.2, 0) is 28.4 Å². The Balaban J connectivity index is 2.38. The first-order valence-electron chi connectivity index (χ1n) is 39.4. The quantitative estimate of drug-likeness (QED) is 0.0339. The molecule has 1 fully saturated rings. The van der Waals surface area contributed by atoms with E-state index >= 15 is 0 Å². The fourth-order valence-corrected chi connectivity index (χ4v) is 18.5. The number of nitrogens with zero attached hydrogens (tertiary/aromatic N) is 3. The Labute approximate surface area is 614 Å². The van der Waals surface area contributed by atoms with Gasteiger partial charge in [-0.3, -0.25) is 10.2 Å². The molecule has 1 heterocycles. The molecule has 1 aliphatic heterocycles. The molecule has 0 amide bonds. The van der Waals surface area contributed by atoms with E-state index in [1.807, 2.05) is 70.6 Å². The van der Waals surface area contributed by atoms with E-state index in [4.69, 9.17) is 28.4 Å². The third-order valence-corrected chi connectivity index (χ3v) is 26.5. The Morgan fingerprint density at radius 3 is 0.958 bits per heavy atom. The van der Waals surface area contributed by atoms with Gasteiger partial charge in [-0.2, -0.15) is 0 Å². The third-order valence-electron chi connectivity index (χ3n) is 17.6. The molecule has 0 aromatic carbocycles. The number of rotatable bonds is 77. The van der Waals surface area contributed by atoms with E-state index in [0.717, 1.165) is 159 Å². The van der Waals surface area contributed by atoms with Crippen molar-refractivity contribution in [3.05, 3.63) is 0 Å². The number of hydrogen-bond acceptors (Lipinski definition) is 19. The second-order valence-corrected chi connectivity index (χ2v) is 39.2. The highest BCUT2D eigenvalue weighted by atomic mass is 32.2. The van der Waals surface area contributed by atoms with Crippen LogP contribution in [0.2, 0.25) is 0 Å². The Morgan fingerprint density at radius 1 is 0.347 bits per heavy atom. The molecule has 0 radical (unpaired) electrons. The summed E-state index contributed by atoms with van der Waals surface area (Å²) in [6.07, 6.45) is 44.5. The summed E-state index contributed by atoms with van der Waals surface area (Å²) in [5, 5.41) is 35.9. The molecule has 1 saturated heterocycles. The average molecular weight is 1460 g/mol. The summed E-state index contributed by atoms with van der Waals surface area (Å²) >= 11 is 11.8. The van der Waals surface area contributed by atoms with Crippen molar-refractivity contribution in [2.75, 3.05) is 147 Å². The molecular formula is C76H156N4O9S6. The molecule has 3 atom stereocenters. The van der Waals surface area contributed by atoms with Crippen LogP contribution >= 0.6 is 70.6 Å². The predicted molar refractivity (Wildman–Crippen MR) is 425 cm³/mol. The van der Waals surface area contributed by atoms with E-state index in [1.54, 1.807) is 0 Å². The maximum atomic E-state index is 11.0. The lowest BCUT2D eigenvalue weighted by Crippen LogP contribution is -2.47. The van der Waals surface area contributed by atoms with E-state index in [2.05, 4.69) is 82.3 Å². The van der Waals surface area contributed by atoms with Crippen molar-refractivity contribution in [2.45, 2.75) is 337 Å². The standard InChI is InChI=1S/C76H156N4O9S6/c1-10-13-16-19-22-25-28-31-34-37-56-84-59-65-93-74(4,5)90-62-40-45-71(81)87-68-77-48-43-49-78-52-54-79(55-53-78)50-44-51-80(69-88-72(82)46-41-63-91-75(6,7)94-66-60-85-57-38-35-32-29-26-23-20-17-14-11-2)70-89-73(83)47-42-64-92-76(8,9)95-67-61-86-58-39-36-33-30-27-24-21-18-15-12-3/h71-73,77,81-83H,10-70H2,1-9H3. The minimum Gasteiger partial charge on any atom is -0.381 e. The van der Waals surface area contributed by atoms with Gasteiger partial charge in [-0.15, -0.1) is 70.6 Å². The first-order valence-corrected chi connectivity index (χ1v) is 45.3. The maximum absolute atomic E-state index is 11.0. The van der Waals surface area contributed by atoms with E-state index < -0.39 is 18.9 Å². The van der Waals surface area contributed by atoms with E-state index in [0.29, 0.717) is 26.0 Å². The Hall–Kier alpha value is 1.58. The minimum atomic E-state index is -0.850. The number of aliphatic hydroxyl groups excluding tert-OH is 3. The summed E-state index contributed by atoms with van der Waals surface area (Å²) in [5.74, 6) is 5.93. The average Bonchev–Trinajstić information content (AvgIpc) is 2.03. The smallest absolute Gasteiger partial charge is 0.156 e. The third kappa shape index (κ3) is 67.2. The van der Waals surface area contributed by atoms with Crippen LogP contribution in [-0.4, -0.2) is 208 Å². The number of thioether (sulfide) groups is 6. The molecule has 570 valence electrons. The van der Waals surface area contributed by atoms with Gasteiger partial charge in [-0.05, 0) is 149 Å². The van der Waals surface area contributed by atoms with Crippen LogP contribution in [0.3, 0.4) is 0 Å². The van der Waals surface area contributed by atoms with Crippen LogP contribution in [0.25, 0.3) is 0 Å². The molecular weight excluding hydrogens is 1310 g/mol. The lowest BCUT2D eigenvalue weighted by molar-refractivity contribution is -0.180. The van der Waals surface area contributed by atoms with Crippen LogP contribution in [0.5, 0.6) is 0 Å². The highest BCUT2D eigenvalue weighted by Gasteiger charge is 2.23. The lowest BCUT2D eigenvalue weighted by Gasteiger charge is -2.35. The molecule has 19 heteroatoms. The molecule has 0 aromatic rings. The maximum Gasteiger partial charge on any atom is 0.156 e. The van der Waals surface area contributed by atoms with Gasteiger partial charge < -0.3 is 53.5 Å². The lowest BCUT2D eigenvalue weighted by atomic mass is 10.1. The van der Waals surface area contributed by atoms with Crippen LogP contribution in [0.15, 0.2) is 0 Å². The SMILES string of the molecule is CCCCCCCCCCCCOCCSC(C)(C)SCCCC(O)OCNCCCN1CCN(CCCN(COC(O)CCCSC(C)(C)SCCOCCCCCCCCCCCC)COC(O)CCCSC(C)(C)SCCOCCCCCCCCCCCC)CC1. The molecule has 1 aliphatic rings. The summed E-state index contributed by atoms with van der Waals surface area (Å²) in [5.41, 5.74) is 0. The van der Waals surface area contributed by atoms with Crippen molar-refractivity contribution in [1.29, 1.82) is 0 Å². The van der Waals surface area contributed by atoms with Gasteiger partial charge in [0.15, 0.2) is 18.9 Å². The first-order chi connectivity index (χ1) is 46.1. The first kappa shape index (κ1) is 94.6. The Kier molecular flexibility index (Phi) is 68.4. The van der Waals surface area contributed by atoms with Gasteiger partial charge in [-0.1, -0.05) is 194 Å². The van der Waals surface area contributed by atoms with Crippen molar-refractivity contribution in [1.82, 2.24) is 20.0 Å². The van der Waals surface area contributed by atoms with Crippen molar-refractivity contribution in [2.24, 2.45) is 0 Å². The number of ether oxygens (including phenoxy) is 6. The van der Waals surface area contributed by atoms with Crippen molar-refractivity contribution in [3.63, 3.8) is 0 Å². The van der Waals surface area contributed by atoms with Gasteiger partial charge in [0.25, 0.3) is 0 Å². The number of nitrogens with one attached hydrogen (secondary N) is 1. The number of aliphatic hydroxyl groups is 3.